The largest absolute Gasteiger partial charge is 0.352 e. The summed E-state index contributed by atoms with van der Waals surface area (Å²) >= 11 is 5.95. The zero-order chi connectivity index (χ0) is 24.7. The van der Waals surface area contributed by atoms with Crippen molar-refractivity contribution in [2.24, 2.45) is 0 Å². The van der Waals surface area contributed by atoms with Gasteiger partial charge >= 0.3 is 0 Å². The zero-order valence-corrected chi connectivity index (χ0v) is 21.1. The van der Waals surface area contributed by atoms with Crippen LogP contribution in [0.2, 0.25) is 5.02 Å². The van der Waals surface area contributed by atoms with Gasteiger partial charge in [-0.2, -0.15) is 4.31 Å². The molecule has 8 nitrogen and oxygen atoms in total. The maximum Gasteiger partial charge on any atom is 0.243 e. The fraction of sp³-hybridized carbons (Fsp3) is 0.320. The summed E-state index contributed by atoms with van der Waals surface area (Å²) < 4.78 is 28.2. The number of sulfonamides is 1. The lowest BCUT2D eigenvalue weighted by Crippen LogP contribution is -2.49. The molecule has 0 bridgehead atoms. The molecule has 1 aromatic heterocycles. The molecule has 1 fully saturated rings. The number of benzene rings is 2. The molecule has 0 saturated carbocycles. The predicted molar refractivity (Wildman–Crippen MR) is 136 cm³/mol. The summed E-state index contributed by atoms with van der Waals surface area (Å²) in [5.41, 5.74) is 3.37. The molecular weight excluding hydrogens is 486 g/mol. The number of hydrogen-bond donors (Lipinski definition) is 0. The lowest BCUT2D eigenvalue weighted by Gasteiger charge is -2.34. The van der Waals surface area contributed by atoms with Crippen molar-refractivity contribution in [2.45, 2.75) is 31.2 Å². The lowest BCUT2D eigenvalue weighted by atomic mass is 10.1. The second-order valence-corrected chi connectivity index (χ2v) is 11.3. The Morgan fingerprint density at radius 2 is 1.69 bits per heavy atom. The Bertz CT molecular complexity index is 1350. The van der Waals surface area contributed by atoms with Gasteiger partial charge in [-0.3, -0.25) is 4.79 Å². The second-order valence-electron chi connectivity index (χ2n) is 8.91. The number of carbonyl (C=O) groups is 1. The second kappa shape index (κ2) is 9.22. The third-order valence-electron chi connectivity index (χ3n) is 6.60. The number of aromatic nitrogens is 2. The topological polar surface area (TPSA) is 86.7 Å². The van der Waals surface area contributed by atoms with E-state index in [1.54, 1.807) is 23.1 Å². The molecule has 3 heterocycles. The lowest BCUT2D eigenvalue weighted by molar-refractivity contribution is -0.116. The van der Waals surface area contributed by atoms with E-state index < -0.39 is 10.0 Å². The molecule has 35 heavy (non-hydrogen) atoms. The van der Waals surface area contributed by atoms with E-state index >= 15 is 0 Å². The van der Waals surface area contributed by atoms with E-state index in [9.17, 15) is 13.2 Å². The molecule has 1 atom stereocenters. The number of rotatable bonds is 4. The zero-order valence-electron chi connectivity index (χ0n) is 19.6. The van der Waals surface area contributed by atoms with Gasteiger partial charge < -0.3 is 9.80 Å². The third-order valence-corrected chi connectivity index (χ3v) is 8.74. The smallest absolute Gasteiger partial charge is 0.243 e. The maximum absolute atomic E-state index is 13.3. The first-order valence-electron chi connectivity index (χ1n) is 11.5. The summed E-state index contributed by atoms with van der Waals surface area (Å²) in [5, 5.41) is 9.35. The van der Waals surface area contributed by atoms with E-state index in [-0.39, 0.29) is 16.8 Å². The van der Waals surface area contributed by atoms with Gasteiger partial charge in [-0.05, 0) is 61.4 Å². The molecule has 0 N–H and O–H groups in total. The number of carbonyl (C=O) groups excluding carboxylic acids is 1. The molecular formula is C25H26ClN5O3S. The molecule has 1 unspecified atom stereocenters. The minimum atomic E-state index is -3.63. The highest BCUT2D eigenvalue weighted by molar-refractivity contribution is 7.89. The Morgan fingerprint density at radius 1 is 0.971 bits per heavy atom. The molecule has 2 aliphatic rings. The van der Waals surface area contributed by atoms with Gasteiger partial charge in [-0.15, -0.1) is 10.2 Å². The molecule has 0 radical (unpaired) electrons. The van der Waals surface area contributed by atoms with E-state index in [2.05, 4.69) is 10.2 Å². The van der Waals surface area contributed by atoms with Gasteiger partial charge in [0.1, 0.15) is 0 Å². The molecule has 2 aromatic carbocycles. The molecule has 182 valence electrons. The first-order valence-corrected chi connectivity index (χ1v) is 13.3. The summed E-state index contributed by atoms with van der Waals surface area (Å²) in [6.07, 6.45) is 0.650. The Hall–Kier alpha value is -3.01. The Balaban J connectivity index is 1.27. The SMILES string of the molecule is CC(=O)N1c2ccc(S(=O)(=O)N3CCN(c4ccc(-c5ccc(Cl)cc5)nn4)CC3)cc2CC1C. The van der Waals surface area contributed by atoms with Crippen LogP contribution in [0.15, 0.2) is 59.5 Å². The first kappa shape index (κ1) is 23.7. The van der Waals surface area contributed by atoms with E-state index in [0.29, 0.717) is 37.6 Å². The molecule has 10 heteroatoms. The molecule has 5 rings (SSSR count). The van der Waals surface area contributed by atoms with E-state index in [0.717, 1.165) is 28.3 Å². The van der Waals surface area contributed by atoms with Crippen LogP contribution in [0.3, 0.4) is 0 Å². The van der Waals surface area contributed by atoms with Crippen LogP contribution in [0.4, 0.5) is 11.5 Å². The summed E-state index contributed by atoms with van der Waals surface area (Å²) in [7, 11) is -3.63. The molecule has 3 aromatic rings. The third kappa shape index (κ3) is 4.51. The van der Waals surface area contributed by atoms with Gasteiger partial charge in [0.15, 0.2) is 5.82 Å². The number of nitrogens with zero attached hydrogens (tertiary/aromatic N) is 5. The van der Waals surface area contributed by atoms with E-state index in [4.69, 9.17) is 11.6 Å². The number of fused-ring (bicyclic) bond motifs is 1. The molecule has 1 amide bonds. The van der Waals surface area contributed by atoms with Crippen molar-refractivity contribution in [3.05, 3.63) is 65.2 Å². The number of amides is 1. The minimum absolute atomic E-state index is 0.0242. The van der Waals surface area contributed by atoms with Crippen LogP contribution < -0.4 is 9.80 Å². The van der Waals surface area contributed by atoms with E-state index in [1.165, 1.54) is 11.2 Å². The predicted octanol–water partition coefficient (Wildman–Crippen LogP) is 3.61. The van der Waals surface area contributed by atoms with Crippen LogP contribution in [0, 0.1) is 0 Å². The van der Waals surface area contributed by atoms with Gasteiger partial charge in [0.2, 0.25) is 15.9 Å². The maximum atomic E-state index is 13.3. The molecule has 2 aliphatic heterocycles. The van der Waals surface area contributed by atoms with Crippen LogP contribution in [-0.4, -0.2) is 61.0 Å². The van der Waals surface area contributed by atoms with Crippen molar-refractivity contribution < 1.29 is 13.2 Å². The number of anilines is 2. The summed E-state index contributed by atoms with van der Waals surface area (Å²) in [4.78, 5) is 16.0. The number of hydrogen-bond acceptors (Lipinski definition) is 6. The van der Waals surface area contributed by atoms with Crippen molar-refractivity contribution in [3.63, 3.8) is 0 Å². The van der Waals surface area contributed by atoms with Gasteiger partial charge in [0, 0.05) is 55.4 Å². The standard InChI is InChI=1S/C25H26ClN5O3S/c1-17-15-20-16-22(7-9-24(20)31(17)18(2)32)35(33,34)30-13-11-29(12-14-30)25-10-8-23(27-28-25)19-3-5-21(26)6-4-19/h3-10,16-17H,11-15H2,1-2H3. The average Bonchev–Trinajstić information content (AvgIpc) is 3.20. The summed E-state index contributed by atoms with van der Waals surface area (Å²) in [6.45, 7) is 5.26. The van der Waals surface area contributed by atoms with Gasteiger partial charge in [-0.25, -0.2) is 8.42 Å². The van der Waals surface area contributed by atoms with E-state index in [1.807, 2.05) is 48.2 Å². The highest BCUT2D eigenvalue weighted by atomic mass is 35.5. The quantitative estimate of drug-likeness (QED) is 0.532. The monoisotopic (exact) mass is 511 g/mol. The number of piperazine rings is 1. The normalized spacial score (nSPS) is 18.5. The van der Waals surface area contributed by atoms with Crippen LogP contribution in [0.1, 0.15) is 19.4 Å². The van der Waals surface area contributed by atoms with Crippen molar-refractivity contribution in [2.75, 3.05) is 36.0 Å². The van der Waals surface area contributed by atoms with Crippen molar-refractivity contribution in [1.82, 2.24) is 14.5 Å². The molecule has 0 aliphatic carbocycles. The number of halogens is 1. The Morgan fingerprint density at radius 3 is 2.31 bits per heavy atom. The van der Waals surface area contributed by atoms with Crippen LogP contribution >= 0.6 is 11.6 Å². The van der Waals surface area contributed by atoms with Crippen LogP contribution in [0.5, 0.6) is 0 Å². The average molecular weight is 512 g/mol. The highest BCUT2D eigenvalue weighted by Crippen LogP contribution is 2.34. The minimum Gasteiger partial charge on any atom is -0.352 e. The Labute approximate surface area is 210 Å². The summed E-state index contributed by atoms with van der Waals surface area (Å²) in [5.74, 6) is 0.683. The van der Waals surface area contributed by atoms with Crippen molar-refractivity contribution in [3.8, 4) is 11.3 Å². The fourth-order valence-corrected chi connectivity index (χ4v) is 6.42. The Kier molecular flexibility index (Phi) is 6.25. The van der Waals surface area contributed by atoms with Crippen LogP contribution in [0.25, 0.3) is 11.3 Å². The van der Waals surface area contributed by atoms with Gasteiger partial charge in [0.25, 0.3) is 0 Å². The van der Waals surface area contributed by atoms with Crippen LogP contribution in [-0.2, 0) is 21.2 Å². The summed E-state index contributed by atoms with van der Waals surface area (Å²) in [6, 6.07) is 16.3. The molecule has 0 spiro atoms. The van der Waals surface area contributed by atoms with Crippen molar-refractivity contribution in [1.29, 1.82) is 0 Å². The highest BCUT2D eigenvalue weighted by Gasteiger charge is 2.33. The van der Waals surface area contributed by atoms with Crippen molar-refractivity contribution >= 4 is 39.0 Å². The first-order chi connectivity index (χ1) is 16.7. The molecule has 1 saturated heterocycles. The fourth-order valence-electron chi connectivity index (χ4n) is 4.82. The van der Waals surface area contributed by atoms with Gasteiger partial charge in [0.05, 0.1) is 10.6 Å². The van der Waals surface area contributed by atoms with Gasteiger partial charge in [-0.1, -0.05) is 23.7 Å².